The minimum atomic E-state index is 0.722. The first kappa shape index (κ1) is 4.13. The van der Waals surface area contributed by atoms with E-state index in [4.69, 9.17) is 0 Å². The Morgan fingerprint density at radius 1 is 1.50 bits per heavy atom. The molecule has 2 aliphatic carbocycles. The molecular formula is C8H8. The predicted molar refractivity (Wildman–Crippen MR) is 34.5 cm³/mol. The molecule has 0 saturated heterocycles. The fraction of sp³-hybridized carbons (Fsp3) is 0.250. The highest BCUT2D eigenvalue weighted by molar-refractivity contribution is 5.53. The van der Waals surface area contributed by atoms with E-state index >= 15 is 0 Å². The summed E-state index contributed by atoms with van der Waals surface area (Å²) in [7, 11) is 0. The molecule has 0 aromatic carbocycles. The molecule has 2 aliphatic rings. The fourth-order valence-electron chi connectivity index (χ4n) is 1.11. The Labute approximate surface area is 49.2 Å². The standard InChI is InChI=1S/C8H8/c1-6-3-2-4-7-5-8(6)7/h2-5,7H,1H3. The van der Waals surface area contributed by atoms with Crippen LogP contribution in [0.3, 0.4) is 0 Å². The quantitative estimate of drug-likeness (QED) is 0.441. The summed E-state index contributed by atoms with van der Waals surface area (Å²) in [6.45, 7) is 2.16. The van der Waals surface area contributed by atoms with Crippen molar-refractivity contribution in [2.45, 2.75) is 6.92 Å². The first-order valence-corrected chi connectivity index (χ1v) is 2.95. The van der Waals surface area contributed by atoms with E-state index in [2.05, 4.69) is 31.2 Å². The maximum absolute atomic E-state index is 2.29. The number of hydrogen-bond donors (Lipinski definition) is 0. The number of hydrogen-bond acceptors (Lipinski definition) is 0. The summed E-state index contributed by atoms with van der Waals surface area (Å²) < 4.78 is 0. The summed E-state index contributed by atoms with van der Waals surface area (Å²) in [5, 5.41) is 0. The summed E-state index contributed by atoms with van der Waals surface area (Å²) >= 11 is 0. The van der Waals surface area contributed by atoms with Crippen molar-refractivity contribution in [2.75, 3.05) is 0 Å². The highest BCUT2D eigenvalue weighted by Crippen LogP contribution is 2.38. The second-order valence-corrected chi connectivity index (χ2v) is 2.38. The minimum absolute atomic E-state index is 0.722. The zero-order chi connectivity index (χ0) is 5.56. The van der Waals surface area contributed by atoms with E-state index in [0.717, 1.165) is 5.92 Å². The molecule has 0 saturated carbocycles. The molecule has 2 rings (SSSR count). The minimum Gasteiger partial charge on any atom is -0.0732 e. The van der Waals surface area contributed by atoms with Gasteiger partial charge in [0.25, 0.3) is 0 Å². The first-order chi connectivity index (χ1) is 3.88. The fourth-order valence-corrected chi connectivity index (χ4v) is 1.11. The van der Waals surface area contributed by atoms with Crippen LogP contribution in [0, 0.1) is 5.92 Å². The maximum atomic E-state index is 2.29. The zero-order valence-corrected chi connectivity index (χ0v) is 4.89. The molecule has 0 amide bonds. The highest BCUT2D eigenvalue weighted by atomic mass is 14.3. The zero-order valence-electron chi connectivity index (χ0n) is 4.89. The molecule has 0 aromatic rings. The molecule has 0 heteroatoms. The van der Waals surface area contributed by atoms with Gasteiger partial charge in [0.05, 0.1) is 0 Å². The molecule has 8 heavy (non-hydrogen) atoms. The smallest absolute Gasteiger partial charge is 0.0207 e. The van der Waals surface area contributed by atoms with E-state index in [1.165, 1.54) is 11.1 Å². The largest absolute Gasteiger partial charge is 0.0732 e. The second-order valence-electron chi connectivity index (χ2n) is 2.38. The van der Waals surface area contributed by atoms with Crippen LogP contribution in [0.25, 0.3) is 0 Å². The van der Waals surface area contributed by atoms with Crippen LogP contribution in [0.15, 0.2) is 35.5 Å². The molecule has 0 fully saturated rings. The van der Waals surface area contributed by atoms with Gasteiger partial charge in [0.2, 0.25) is 0 Å². The van der Waals surface area contributed by atoms with Crippen LogP contribution in [0.4, 0.5) is 0 Å². The normalized spacial score (nSPS) is 30.9. The molecule has 0 aliphatic heterocycles. The summed E-state index contributed by atoms with van der Waals surface area (Å²) in [5.41, 5.74) is 2.98. The SMILES string of the molecule is CC1=CC=CC2C=C12. The van der Waals surface area contributed by atoms with Crippen LogP contribution >= 0.6 is 0 Å². The van der Waals surface area contributed by atoms with Crippen LogP contribution < -0.4 is 0 Å². The van der Waals surface area contributed by atoms with E-state index < -0.39 is 0 Å². The molecule has 0 nitrogen and oxygen atoms in total. The third-order valence-electron chi connectivity index (χ3n) is 1.73. The van der Waals surface area contributed by atoms with Crippen LogP contribution in [0.5, 0.6) is 0 Å². The Morgan fingerprint density at radius 3 is 3.00 bits per heavy atom. The van der Waals surface area contributed by atoms with E-state index in [0.29, 0.717) is 0 Å². The maximum Gasteiger partial charge on any atom is 0.0207 e. The molecule has 1 atom stereocenters. The molecule has 1 unspecified atom stereocenters. The van der Waals surface area contributed by atoms with Gasteiger partial charge < -0.3 is 0 Å². The van der Waals surface area contributed by atoms with Crippen molar-refractivity contribution in [3.63, 3.8) is 0 Å². The Hall–Kier alpha value is -0.780. The van der Waals surface area contributed by atoms with Gasteiger partial charge >= 0.3 is 0 Å². The van der Waals surface area contributed by atoms with Crippen molar-refractivity contribution in [1.29, 1.82) is 0 Å². The summed E-state index contributed by atoms with van der Waals surface area (Å²) in [6.07, 6.45) is 8.81. The van der Waals surface area contributed by atoms with Gasteiger partial charge in [-0.2, -0.15) is 0 Å². The van der Waals surface area contributed by atoms with Crippen molar-refractivity contribution in [3.05, 3.63) is 35.5 Å². The van der Waals surface area contributed by atoms with Crippen molar-refractivity contribution in [2.24, 2.45) is 5.92 Å². The molecule has 0 aromatic heterocycles. The summed E-state index contributed by atoms with van der Waals surface area (Å²) in [5.74, 6) is 0.722. The third kappa shape index (κ3) is 0.401. The van der Waals surface area contributed by atoms with Gasteiger partial charge in [-0.05, 0) is 18.1 Å². The van der Waals surface area contributed by atoms with Crippen molar-refractivity contribution in [3.8, 4) is 0 Å². The van der Waals surface area contributed by atoms with Crippen LogP contribution in [-0.4, -0.2) is 0 Å². The number of allylic oxidation sites excluding steroid dienone is 6. The average molecular weight is 104 g/mol. The molecule has 0 N–H and O–H groups in total. The molecule has 0 radical (unpaired) electrons. The van der Waals surface area contributed by atoms with Gasteiger partial charge in [-0.25, -0.2) is 0 Å². The highest BCUT2D eigenvalue weighted by Gasteiger charge is 2.23. The molecule has 0 spiro atoms. The third-order valence-corrected chi connectivity index (χ3v) is 1.73. The number of rotatable bonds is 0. The van der Waals surface area contributed by atoms with Gasteiger partial charge in [-0.1, -0.05) is 24.3 Å². The van der Waals surface area contributed by atoms with Crippen LogP contribution in [-0.2, 0) is 0 Å². The van der Waals surface area contributed by atoms with Crippen molar-refractivity contribution >= 4 is 0 Å². The van der Waals surface area contributed by atoms with Crippen molar-refractivity contribution < 1.29 is 0 Å². The predicted octanol–water partition coefficient (Wildman–Crippen LogP) is 2.06. The second kappa shape index (κ2) is 1.13. The molecule has 0 heterocycles. The van der Waals surface area contributed by atoms with E-state index in [1.807, 2.05) is 0 Å². The van der Waals surface area contributed by atoms with E-state index in [9.17, 15) is 0 Å². The molecule has 40 valence electrons. The Bertz CT molecular complexity index is 204. The number of fused-ring (bicyclic) bond motifs is 1. The molecule has 0 bridgehead atoms. The first-order valence-electron chi connectivity index (χ1n) is 2.95. The van der Waals surface area contributed by atoms with Crippen molar-refractivity contribution in [1.82, 2.24) is 0 Å². The van der Waals surface area contributed by atoms with Crippen LogP contribution in [0.1, 0.15) is 6.92 Å². The lowest BCUT2D eigenvalue weighted by Crippen LogP contribution is -1.81. The van der Waals surface area contributed by atoms with Gasteiger partial charge in [-0.3, -0.25) is 0 Å². The van der Waals surface area contributed by atoms with E-state index in [-0.39, 0.29) is 0 Å². The summed E-state index contributed by atoms with van der Waals surface area (Å²) in [6, 6.07) is 0. The Kier molecular flexibility index (Phi) is 0.587. The summed E-state index contributed by atoms with van der Waals surface area (Å²) in [4.78, 5) is 0. The van der Waals surface area contributed by atoms with E-state index in [1.54, 1.807) is 0 Å². The Balaban J connectivity index is 2.40. The van der Waals surface area contributed by atoms with Gasteiger partial charge in [0.15, 0.2) is 0 Å². The van der Waals surface area contributed by atoms with Gasteiger partial charge in [-0.15, -0.1) is 0 Å². The average Bonchev–Trinajstić information content (AvgIpc) is 2.45. The lowest BCUT2D eigenvalue weighted by molar-refractivity contribution is 1.15. The topological polar surface area (TPSA) is 0 Å². The van der Waals surface area contributed by atoms with Gasteiger partial charge in [0.1, 0.15) is 0 Å². The van der Waals surface area contributed by atoms with Crippen LogP contribution in [0.2, 0.25) is 0 Å². The Morgan fingerprint density at radius 2 is 2.38 bits per heavy atom. The monoisotopic (exact) mass is 104 g/mol. The molecular weight excluding hydrogens is 96.1 g/mol. The lowest BCUT2D eigenvalue weighted by Gasteiger charge is -1.97. The lowest BCUT2D eigenvalue weighted by atomic mass is 10.1. The van der Waals surface area contributed by atoms with Gasteiger partial charge in [0, 0.05) is 5.92 Å².